The molecule has 4 amide bonds. The molecule has 0 bridgehead atoms. The molecule has 5 aromatic carbocycles. The number of methoxy groups -OCH3 is 2. The summed E-state index contributed by atoms with van der Waals surface area (Å²) in [6.45, 7) is 13.6. The lowest BCUT2D eigenvalue weighted by Crippen LogP contribution is -2.30. The van der Waals surface area contributed by atoms with Crippen molar-refractivity contribution in [3.8, 4) is 22.6 Å². The van der Waals surface area contributed by atoms with Crippen LogP contribution in [0.1, 0.15) is 139 Å². The second-order valence-corrected chi connectivity index (χ2v) is 23.5. The lowest BCUT2D eigenvalue weighted by atomic mass is 10.00. The van der Waals surface area contributed by atoms with Gasteiger partial charge in [-0.05, 0) is 152 Å². The zero-order valence-electron chi connectivity index (χ0n) is 53.3. The van der Waals surface area contributed by atoms with Crippen LogP contribution in [0.2, 0.25) is 0 Å². The monoisotopic (exact) mass is 1320 g/mol. The summed E-state index contributed by atoms with van der Waals surface area (Å²) in [6, 6.07) is 32.5. The SMILES string of the molecule is CCc1nc2c(cnn2CC)c(NC2CCOCC2)c1CNC(=O)c1cccc(C(=O)NCc2ccc(OC)c(-c3cccc(C=O)c3)c2)c1.CCc1nc2c(cnn2CC)c(NC2CCOCC2)c1CNC(=O)c1cccc(C(=O)NCc2ccc(OC)c(Br)c2)c1. The molecule has 22 heteroatoms. The number of rotatable bonds is 24. The molecule has 4 aromatic heterocycles. The van der Waals surface area contributed by atoms with Crippen LogP contribution in [-0.2, 0) is 61.6 Å². The number of amides is 4. The van der Waals surface area contributed by atoms with Gasteiger partial charge in [-0.15, -0.1) is 0 Å². The summed E-state index contributed by atoms with van der Waals surface area (Å²) >= 11 is 3.47. The Morgan fingerprint density at radius 1 is 0.548 bits per heavy atom. The Labute approximate surface area is 549 Å². The zero-order chi connectivity index (χ0) is 65.4. The Hall–Kier alpha value is -9.51. The van der Waals surface area contributed by atoms with E-state index in [-0.39, 0.29) is 55.3 Å². The first-order valence-electron chi connectivity index (χ1n) is 31.6. The number of hydrogen-bond donors (Lipinski definition) is 6. The van der Waals surface area contributed by atoms with Gasteiger partial charge in [0.15, 0.2) is 11.3 Å². The molecule has 21 nitrogen and oxygen atoms in total. The van der Waals surface area contributed by atoms with E-state index < -0.39 is 0 Å². The Balaban J connectivity index is 0.000000206. The molecule has 0 spiro atoms. The molecular formula is C71H79BrN12O9. The second kappa shape index (κ2) is 31.7. The molecule has 2 aliphatic rings. The third-order valence-electron chi connectivity index (χ3n) is 16.7. The van der Waals surface area contributed by atoms with Crippen LogP contribution in [0.3, 0.4) is 0 Å². The predicted octanol–water partition coefficient (Wildman–Crippen LogP) is 11.2. The van der Waals surface area contributed by atoms with E-state index in [4.69, 9.17) is 28.9 Å². The number of nitrogens with zero attached hydrogens (tertiary/aromatic N) is 6. The minimum Gasteiger partial charge on any atom is -0.496 e. The van der Waals surface area contributed by atoms with Crippen LogP contribution in [0.15, 0.2) is 126 Å². The molecule has 9 aromatic rings. The van der Waals surface area contributed by atoms with Crippen molar-refractivity contribution in [1.82, 2.24) is 50.8 Å². The summed E-state index contributed by atoms with van der Waals surface area (Å²) in [5.41, 5.74) is 12.8. The van der Waals surface area contributed by atoms with Gasteiger partial charge in [-0.3, -0.25) is 24.0 Å². The largest absolute Gasteiger partial charge is 0.496 e. The van der Waals surface area contributed by atoms with Gasteiger partial charge in [-0.1, -0.05) is 56.3 Å². The molecule has 0 atom stereocenters. The van der Waals surface area contributed by atoms with E-state index in [9.17, 15) is 24.0 Å². The van der Waals surface area contributed by atoms with Crippen molar-refractivity contribution in [3.05, 3.63) is 188 Å². The molecule has 93 heavy (non-hydrogen) atoms. The number of hydrogen-bond acceptors (Lipinski definition) is 15. The molecule has 6 heterocycles. The molecule has 11 rings (SSSR count). The van der Waals surface area contributed by atoms with Crippen LogP contribution in [0.25, 0.3) is 33.2 Å². The highest BCUT2D eigenvalue weighted by atomic mass is 79.9. The van der Waals surface area contributed by atoms with Gasteiger partial charge in [0.2, 0.25) is 0 Å². The Morgan fingerprint density at radius 3 is 1.40 bits per heavy atom. The third kappa shape index (κ3) is 16.0. The van der Waals surface area contributed by atoms with Crippen molar-refractivity contribution in [2.45, 2.75) is 118 Å². The summed E-state index contributed by atoms with van der Waals surface area (Å²) in [5, 5.41) is 30.5. The highest BCUT2D eigenvalue weighted by molar-refractivity contribution is 9.10. The number of aldehydes is 1. The number of aromatic nitrogens is 6. The van der Waals surface area contributed by atoms with Crippen LogP contribution >= 0.6 is 15.9 Å². The smallest absolute Gasteiger partial charge is 0.251 e. The standard InChI is InChI=1S/C39H42N6O5.C32H37BrN6O4/c1-4-34-32(36(43-30-14-16-50-17-15-30)33-23-42-45(5-2)37(33)44-34)22-41-39(48)29-11-7-10-28(20-29)38(47)40-21-25-12-13-35(49-3)31(19-25)27-9-6-8-26(18-27)24-46;1-4-27-24(29(37-23-11-13-43-14-12-23)25-19-36-39(5-2)30(25)38-27)18-35-32(41)22-8-6-7-21(16-22)31(40)34-17-20-9-10-28(42-3)26(33)15-20/h6-13,18-20,23-24,30H,4-5,14-17,21-22H2,1-3H3,(H,40,47)(H,41,48)(H,43,44);6-10,15-16,19,23H,4-5,11-14,17-18H2,1-3H3,(H,34,40)(H,35,41)(H,37,38). The number of carbonyl (C=O) groups excluding carboxylic acids is 5. The van der Waals surface area contributed by atoms with Crippen molar-refractivity contribution in [1.29, 1.82) is 0 Å². The van der Waals surface area contributed by atoms with Crippen molar-refractivity contribution < 1.29 is 42.9 Å². The molecule has 0 radical (unpaired) electrons. The molecule has 6 N–H and O–H groups in total. The van der Waals surface area contributed by atoms with Gasteiger partial charge >= 0.3 is 0 Å². The van der Waals surface area contributed by atoms with Gasteiger partial charge in [-0.25, -0.2) is 19.3 Å². The number of carbonyl (C=O) groups is 5. The van der Waals surface area contributed by atoms with Crippen LogP contribution in [0.4, 0.5) is 11.4 Å². The second-order valence-electron chi connectivity index (χ2n) is 22.6. The van der Waals surface area contributed by atoms with Crippen molar-refractivity contribution in [3.63, 3.8) is 0 Å². The summed E-state index contributed by atoms with van der Waals surface area (Å²) < 4.78 is 26.6. The fraction of sp³-hybridized carbons (Fsp3) is 0.338. The average molecular weight is 1320 g/mol. The molecule has 2 aliphatic heterocycles. The third-order valence-corrected chi connectivity index (χ3v) is 17.3. The summed E-state index contributed by atoms with van der Waals surface area (Å²) in [4.78, 5) is 74.3. The minimum absolute atomic E-state index is 0.242. The van der Waals surface area contributed by atoms with E-state index in [0.717, 1.165) is 120 Å². The first-order chi connectivity index (χ1) is 45.3. The van der Waals surface area contributed by atoms with E-state index in [1.807, 2.05) is 84.1 Å². The van der Waals surface area contributed by atoms with E-state index in [2.05, 4.69) is 71.9 Å². The topological polar surface area (TPSA) is 256 Å². The van der Waals surface area contributed by atoms with Crippen LogP contribution in [0, 0.1) is 0 Å². The number of ether oxygens (including phenoxy) is 4. The number of benzene rings is 5. The van der Waals surface area contributed by atoms with Crippen LogP contribution in [-0.4, -0.2) is 112 Å². The molecule has 0 saturated carbocycles. The molecule has 2 saturated heterocycles. The van der Waals surface area contributed by atoms with Crippen LogP contribution in [0.5, 0.6) is 11.5 Å². The van der Waals surface area contributed by atoms with E-state index in [1.165, 1.54) is 0 Å². The van der Waals surface area contributed by atoms with E-state index in [1.54, 1.807) is 74.9 Å². The summed E-state index contributed by atoms with van der Waals surface area (Å²) in [5.74, 6) is 0.251. The fourth-order valence-electron chi connectivity index (χ4n) is 11.6. The van der Waals surface area contributed by atoms with Gasteiger partial charge in [0.05, 0.1) is 53.2 Å². The Kier molecular flexibility index (Phi) is 22.6. The number of fused-ring (bicyclic) bond motifs is 2. The number of anilines is 2. The fourth-order valence-corrected chi connectivity index (χ4v) is 12.2. The van der Waals surface area contributed by atoms with Gasteiger partial charge in [0, 0.05) is 134 Å². The van der Waals surface area contributed by atoms with E-state index in [0.29, 0.717) is 92.5 Å². The molecule has 2 fully saturated rings. The van der Waals surface area contributed by atoms with Crippen molar-refractivity contribution in [2.75, 3.05) is 51.3 Å². The zero-order valence-corrected chi connectivity index (χ0v) is 54.9. The Morgan fingerprint density at radius 2 is 0.978 bits per heavy atom. The van der Waals surface area contributed by atoms with Gasteiger partial charge in [-0.2, -0.15) is 10.2 Å². The first kappa shape index (κ1) is 66.4. The van der Waals surface area contributed by atoms with Crippen molar-refractivity contribution >= 4 is 79.3 Å². The minimum atomic E-state index is -0.307. The molecular weight excluding hydrogens is 1240 g/mol. The molecule has 0 aliphatic carbocycles. The first-order valence-corrected chi connectivity index (χ1v) is 32.4. The summed E-state index contributed by atoms with van der Waals surface area (Å²) in [7, 11) is 3.20. The predicted molar refractivity (Wildman–Crippen MR) is 362 cm³/mol. The van der Waals surface area contributed by atoms with Gasteiger partial charge < -0.3 is 50.8 Å². The number of nitrogens with one attached hydrogen (secondary N) is 6. The quantitative estimate of drug-likeness (QED) is 0.0308. The molecule has 0 unspecified atom stereocenters. The normalized spacial score (nSPS) is 13.4. The van der Waals surface area contributed by atoms with Crippen LogP contribution < -0.4 is 41.4 Å². The van der Waals surface area contributed by atoms with Gasteiger partial charge in [0.25, 0.3) is 23.6 Å². The summed E-state index contributed by atoms with van der Waals surface area (Å²) in [6.07, 6.45) is 9.49. The van der Waals surface area contributed by atoms with Crippen molar-refractivity contribution in [2.24, 2.45) is 0 Å². The lowest BCUT2D eigenvalue weighted by Gasteiger charge is -2.26. The van der Waals surface area contributed by atoms with E-state index >= 15 is 0 Å². The number of halogens is 1. The maximum absolute atomic E-state index is 13.5. The number of aryl methyl sites for hydroxylation is 4. The highest BCUT2D eigenvalue weighted by Gasteiger charge is 2.25. The lowest BCUT2D eigenvalue weighted by molar-refractivity contribution is 0.0903. The number of pyridine rings is 2. The maximum atomic E-state index is 13.5. The maximum Gasteiger partial charge on any atom is 0.251 e. The average Bonchev–Trinajstić information content (AvgIpc) is 1.70. The molecule has 484 valence electrons. The highest BCUT2D eigenvalue weighted by Crippen LogP contribution is 2.35. The van der Waals surface area contributed by atoms with Gasteiger partial charge in [0.1, 0.15) is 17.8 Å². The Bertz CT molecular complexity index is 4160.